The van der Waals surface area contributed by atoms with Crippen LogP contribution in [0.1, 0.15) is 21.1 Å². The summed E-state index contributed by atoms with van der Waals surface area (Å²) < 4.78 is 32.3. The maximum absolute atomic E-state index is 13.1. The zero-order chi connectivity index (χ0) is 20.6. The smallest absolute Gasteiger partial charge is 0.264 e. The Morgan fingerprint density at radius 3 is 2.38 bits per heavy atom. The third-order valence-electron chi connectivity index (χ3n) is 5.04. The SMILES string of the molecule is Cc1noc(C)c1S(=O)(=O)N1CCN(C(=O)c2sccc2-c2ccccc2)CC1. The molecule has 0 N–H and O–H groups in total. The molecule has 1 aliphatic rings. The van der Waals surface area contributed by atoms with Crippen LogP contribution in [0.4, 0.5) is 0 Å². The molecule has 3 aromatic rings. The molecule has 4 rings (SSSR count). The molecule has 0 saturated carbocycles. The third-order valence-corrected chi connectivity index (χ3v) is 8.08. The van der Waals surface area contributed by atoms with E-state index in [4.69, 9.17) is 4.52 Å². The van der Waals surface area contributed by atoms with Crippen molar-refractivity contribution in [1.29, 1.82) is 0 Å². The highest BCUT2D eigenvalue weighted by molar-refractivity contribution is 7.89. The summed E-state index contributed by atoms with van der Waals surface area (Å²) >= 11 is 1.41. The van der Waals surface area contributed by atoms with Gasteiger partial charge in [0.1, 0.15) is 10.6 Å². The fourth-order valence-electron chi connectivity index (χ4n) is 3.57. The maximum atomic E-state index is 13.1. The number of hydrogen-bond donors (Lipinski definition) is 0. The van der Waals surface area contributed by atoms with Gasteiger partial charge in [-0.15, -0.1) is 11.3 Å². The molecule has 1 aromatic carbocycles. The summed E-state index contributed by atoms with van der Waals surface area (Å²) in [6, 6.07) is 11.7. The van der Waals surface area contributed by atoms with Crippen LogP contribution in [0.15, 0.2) is 51.2 Å². The predicted molar refractivity (Wildman–Crippen MR) is 110 cm³/mol. The van der Waals surface area contributed by atoms with Crippen LogP contribution in [0.2, 0.25) is 0 Å². The number of hydrogen-bond acceptors (Lipinski definition) is 6. The van der Waals surface area contributed by atoms with E-state index in [-0.39, 0.29) is 29.7 Å². The van der Waals surface area contributed by atoms with E-state index < -0.39 is 10.0 Å². The average molecular weight is 432 g/mol. The van der Waals surface area contributed by atoms with Crippen molar-refractivity contribution in [1.82, 2.24) is 14.4 Å². The molecule has 0 bridgehead atoms. The normalized spacial score (nSPS) is 15.6. The second-order valence-electron chi connectivity index (χ2n) is 6.88. The number of carbonyl (C=O) groups excluding carboxylic acids is 1. The Morgan fingerprint density at radius 1 is 1.07 bits per heavy atom. The van der Waals surface area contributed by atoms with Gasteiger partial charge in [-0.05, 0) is 30.9 Å². The molecule has 7 nitrogen and oxygen atoms in total. The molecule has 9 heteroatoms. The average Bonchev–Trinajstić information content (AvgIpc) is 3.35. The standard InChI is InChI=1S/C20H21N3O4S2/c1-14-19(15(2)27-21-14)29(25,26)23-11-9-22(10-12-23)20(24)18-17(8-13-28-18)16-6-4-3-5-7-16/h3-8,13H,9-12H2,1-2H3. The molecular weight excluding hydrogens is 410 g/mol. The van der Waals surface area contributed by atoms with Gasteiger partial charge in [0.25, 0.3) is 5.91 Å². The molecule has 152 valence electrons. The quantitative estimate of drug-likeness (QED) is 0.634. The first-order chi connectivity index (χ1) is 13.9. The van der Waals surface area contributed by atoms with E-state index >= 15 is 0 Å². The Kier molecular flexibility index (Phi) is 5.28. The van der Waals surface area contributed by atoms with E-state index in [2.05, 4.69) is 5.16 Å². The molecule has 29 heavy (non-hydrogen) atoms. The molecular formula is C20H21N3O4S2. The lowest BCUT2D eigenvalue weighted by atomic mass is 10.1. The summed E-state index contributed by atoms with van der Waals surface area (Å²) in [6.45, 7) is 4.37. The minimum atomic E-state index is -3.69. The minimum absolute atomic E-state index is 0.0618. The Hall–Kier alpha value is -2.49. The summed E-state index contributed by atoms with van der Waals surface area (Å²) in [5, 5.41) is 5.66. The first-order valence-corrected chi connectivity index (χ1v) is 11.6. The van der Waals surface area contributed by atoms with E-state index in [1.807, 2.05) is 41.8 Å². The topological polar surface area (TPSA) is 83.7 Å². The van der Waals surface area contributed by atoms with Crippen LogP contribution < -0.4 is 0 Å². The van der Waals surface area contributed by atoms with Crippen molar-refractivity contribution in [2.24, 2.45) is 0 Å². The zero-order valence-electron chi connectivity index (χ0n) is 16.2. The number of thiophene rings is 1. The predicted octanol–water partition coefficient (Wildman–Crippen LogP) is 3.17. The summed E-state index contributed by atoms with van der Waals surface area (Å²) in [4.78, 5) is 15.6. The van der Waals surface area contributed by atoms with Crippen LogP contribution >= 0.6 is 11.3 Å². The van der Waals surface area contributed by atoms with E-state index in [0.29, 0.717) is 23.7 Å². The van der Waals surface area contributed by atoms with E-state index in [1.165, 1.54) is 15.6 Å². The molecule has 0 aliphatic carbocycles. The van der Waals surface area contributed by atoms with Gasteiger partial charge in [-0.25, -0.2) is 8.42 Å². The first kappa shape index (κ1) is 19.8. The number of aromatic nitrogens is 1. The largest absolute Gasteiger partial charge is 0.360 e. The molecule has 0 radical (unpaired) electrons. The number of amides is 1. The number of nitrogens with zero attached hydrogens (tertiary/aromatic N) is 3. The zero-order valence-corrected chi connectivity index (χ0v) is 17.8. The molecule has 0 spiro atoms. The molecule has 2 aromatic heterocycles. The van der Waals surface area contributed by atoms with Gasteiger partial charge in [0.2, 0.25) is 10.0 Å². The van der Waals surface area contributed by atoms with Crippen LogP contribution in [0.25, 0.3) is 11.1 Å². The van der Waals surface area contributed by atoms with Crippen molar-refractivity contribution >= 4 is 27.3 Å². The van der Waals surface area contributed by atoms with Gasteiger partial charge in [-0.1, -0.05) is 35.5 Å². The fourth-order valence-corrected chi connectivity index (χ4v) is 6.16. The van der Waals surface area contributed by atoms with Crippen LogP contribution in [-0.4, -0.2) is 54.9 Å². The molecule has 0 atom stereocenters. The number of carbonyl (C=O) groups is 1. The van der Waals surface area contributed by atoms with Crippen molar-refractivity contribution < 1.29 is 17.7 Å². The van der Waals surface area contributed by atoms with E-state index in [9.17, 15) is 13.2 Å². The lowest BCUT2D eigenvalue weighted by molar-refractivity contribution is 0.0703. The molecule has 1 saturated heterocycles. The Morgan fingerprint density at radius 2 is 1.76 bits per heavy atom. The minimum Gasteiger partial charge on any atom is -0.360 e. The van der Waals surface area contributed by atoms with Crippen LogP contribution in [-0.2, 0) is 10.0 Å². The van der Waals surface area contributed by atoms with Crippen LogP contribution in [0.5, 0.6) is 0 Å². The van der Waals surface area contributed by atoms with E-state index in [0.717, 1.165) is 11.1 Å². The van der Waals surface area contributed by atoms with Gasteiger partial charge in [0.05, 0.1) is 4.88 Å². The lowest BCUT2D eigenvalue weighted by Gasteiger charge is -2.33. The van der Waals surface area contributed by atoms with E-state index in [1.54, 1.807) is 18.7 Å². The van der Waals surface area contributed by atoms with Crippen molar-refractivity contribution in [2.75, 3.05) is 26.2 Å². The summed E-state index contributed by atoms with van der Waals surface area (Å²) in [6.07, 6.45) is 0. The van der Waals surface area contributed by atoms with Gasteiger partial charge < -0.3 is 9.42 Å². The lowest BCUT2D eigenvalue weighted by Crippen LogP contribution is -2.50. The maximum Gasteiger partial charge on any atom is 0.264 e. The Bertz CT molecular complexity index is 1110. The van der Waals surface area contributed by atoms with Gasteiger partial charge in [-0.3, -0.25) is 4.79 Å². The number of sulfonamides is 1. The van der Waals surface area contributed by atoms with Crippen molar-refractivity contribution in [3.8, 4) is 11.1 Å². The monoisotopic (exact) mass is 431 g/mol. The molecule has 1 aliphatic heterocycles. The second kappa shape index (κ2) is 7.74. The van der Waals surface area contributed by atoms with Gasteiger partial charge in [0.15, 0.2) is 5.76 Å². The number of aryl methyl sites for hydroxylation is 2. The molecule has 1 amide bonds. The number of benzene rings is 1. The van der Waals surface area contributed by atoms with Gasteiger partial charge >= 0.3 is 0 Å². The van der Waals surface area contributed by atoms with Crippen LogP contribution in [0.3, 0.4) is 0 Å². The summed E-state index contributed by atoms with van der Waals surface area (Å²) in [7, 11) is -3.69. The third kappa shape index (κ3) is 3.61. The molecule has 1 fully saturated rings. The highest BCUT2D eigenvalue weighted by Gasteiger charge is 2.34. The van der Waals surface area contributed by atoms with Crippen LogP contribution in [0, 0.1) is 13.8 Å². The van der Waals surface area contributed by atoms with Crippen molar-refractivity contribution in [3.63, 3.8) is 0 Å². The highest BCUT2D eigenvalue weighted by atomic mass is 32.2. The second-order valence-corrected chi connectivity index (χ2v) is 9.67. The number of piperazine rings is 1. The number of rotatable bonds is 4. The Labute approximate surface area is 173 Å². The highest BCUT2D eigenvalue weighted by Crippen LogP contribution is 2.30. The first-order valence-electron chi connectivity index (χ1n) is 9.25. The summed E-state index contributed by atoms with van der Waals surface area (Å²) in [5.41, 5.74) is 2.26. The Balaban J connectivity index is 1.50. The van der Waals surface area contributed by atoms with Crippen molar-refractivity contribution in [3.05, 3.63) is 58.1 Å². The van der Waals surface area contributed by atoms with Crippen molar-refractivity contribution in [2.45, 2.75) is 18.7 Å². The molecule has 0 unspecified atom stereocenters. The molecule has 3 heterocycles. The fraction of sp³-hybridized carbons (Fsp3) is 0.300. The van der Waals surface area contributed by atoms with Gasteiger partial charge in [-0.2, -0.15) is 4.31 Å². The van der Waals surface area contributed by atoms with Gasteiger partial charge in [0, 0.05) is 31.7 Å². The summed E-state index contributed by atoms with van der Waals surface area (Å²) in [5.74, 6) is 0.223.